The Balaban J connectivity index is 1.61. The lowest BCUT2D eigenvalue weighted by atomic mass is 9.82. The third-order valence-electron chi connectivity index (χ3n) is 8.22. The maximum atomic E-state index is 14.0. The van der Waals surface area contributed by atoms with E-state index in [1.807, 2.05) is 30.3 Å². The van der Waals surface area contributed by atoms with E-state index >= 15 is 0 Å². The third kappa shape index (κ3) is 7.38. The molecule has 0 spiro atoms. The van der Waals surface area contributed by atoms with Crippen molar-refractivity contribution in [3.63, 3.8) is 0 Å². The molecule has 2 aromatic carbocycles. The highest BCUT2D eigenvalue weighted by atomic mass is 16.5. The van der Waals surface area contributed by atoms with Crippen LogP contribution in [-0.4, -0.2) is 71.4 Å². The number of aromatic nitrogens is 1. The van der Waals surface area contributed by atoms with E-state index in [1.54, 1.807) is 60.5 Å². The molecule has 0 fully saturated rings. The molecule has 1 aliphatic rings. The quantitative estimate of drug-likeness (QED) is 0.148. The first kappa shape index (κ1) is 34.1. The number of methoxy groups -OCH3 is 2. The summed E-state index contributed by atoms with van der Waals surface area (Å²) in [6.07, 6.45) is 6.05. The molecule has 2 N–H and O–H groups in total. The van der Waals surface area contributed by atoms with Crippen molar-refractivity contribution in [3.8, 4) is 11.4 Å². The first-order valence-corrected chi connectivity index (χ1v) is 15.3. The van der Waals surface area contributed by atoms with Gasteiger partial charge >= 0.3 is 5.97 Å². The summed E-state index contributed by atoms with van der Waals surface area (Å²) in [7, 11) is 2.73. The maximum absolute atomic E-state index is 14.0. The number of unbranched alkanes of at least 4 members (excludes halogenated alkanes) is 1. The minimum Gasteiger partial charge on any atom is -0.491 e. The van der Waals surface area contributed by atoms with E-state index in [9.17, 15) is 29.4 Å². The van der Waals surface area contributed by atoms with E-state index in [0.717, 1.165) is 5.56 Å². The molecule has 11 nitrogen and oxygen atoms in total. The first-order valence-electron chi connectivity index (χ1n) is 15.3. The average molecular weight is 632 g/mol. The van der Waals surface area contributed by atoms with Crippen molar-refractivity contribution in [2.45, 2.75) is 44.8 Å². The van der Waals surface area contributed by atoms with Crippen LogP contribution in [0, 0.1) is 5.92 Å². The number of carbonyl (C=O) groups is 3. The minimum atomic E-state index is -2.00. The Morgan fingerprint density at radius 3 is 2.50 bits per heavy atom. The minimum absolute atomic E-state index is 0.00475. The van der Waals surface area contributed by atoms with E-state index < -0.39 is 23.0 Å². The summed E-state index contributed by atoms with van der Waals surface area (Å²) < 4.78 is 11.3. The van der Waals surface area contributed by atoms with Crippen LogP contribution in [0.2, 0.25) is 0 Å². The zero-order chi connectivity index (χ0) is 33.3. The highest BCUT2D eigenvalue weighted by Gasteiger charge is 2.52. The normalized spacial score (nSPS) is 16.4. The number of ether oxygens (including phenoxy) is 2. The number of fused-ring (bicyclic) bond motifs is 1. The number of aliphatic hydroxyl groups excluding tert-OH is 1. The number of esters is 1. The van der Waals surface area contributed by atoms with E-state index in [4.69, 9.17) is 9.47 Å². The van der Waals surface area contributed by atoms with Gasteiger partial charge in [-0.1, -0.05) is 49.4 Å². The number of carbonyl (C=O) groups excluding carboxylic acids is 3. The largest absolute Gasteiger partial charge is 0.491 e. The van der Waals surface area contributed by atoms with Crippen molar-refractivity contribution in [1.29, 1.82) is 0 Å². The summed E-state index contributed by atoms with van der Waals surface area (Å²) >= 11 is 0. The van der Waals surface area contributed by atoms with Gasteiger partial charge in [0.25, 0.3) is 11.5 Å². The van der Waals surface area contributed by atoms with E-state index in [0.29, 0.717) is 36.3 Å². The Kier molecular flexibility index (Phi) is 11.5. The smallest absolute Gasteiger partial charge is 0.305 e. The van der Waals surface area contributed by atoms with Crippen LogP contribution in [0.1, 0.15) is 43.7 Å². The van der Waals surface area contributed by atoms with E-state index in [1.165, 1.54) is 23.7 Å². The van der Waals surface area contributed by atoms with Crippen LogP contribution in [0.3, 0.4) is 0 Å². The lowest BCUT2D eigenvalue weighted by molar-refractivity contribution is -0.140. The monoisotopic (exact) mass is 631 g/mol. The zero-order valence-corrected chi connectivity index (χ0v) is 26.4. The maximum Gasteiger partial charge on any atom is 0.305 e. The van der Waals surface area contributed by atoms with Crippen molar-refractivity contribution in [3.05, 3.63) is 100 Å². The summed E-state index contributed by atoms with van der Waals surface area (Å²) in [4.78, 5) is 54.7. The number of amides is 2. The standard InChI is InChI=1S/C35H41N3O8/c1-25(11-9-15-31(40)36(21-22-39)24-26-12-5-4-6-13-26)35(44)28-23-27(37-20-10-14-30(45-2)33(37)42)17-18-29(28)38(34(35)43)19-8-7-16-32(41)46-3/h4-6,9-14,17-18,20,23,25,39,44H,7-8,15-16,19,21-22,24H2,1-3H3/b11-9+/t25-,35+/m1/s1. The molecule has 0 bridgehead atoms. The molecule has 0 radical (unpaired) electrons. The topological polar surface area (TPSA) is 139 Å². The van der Waals surface area contributed by atoms with Crippen LogP contribution in [-0.2, 0) is 31.3 Å². The van der Waals surface area contributed by atoms with Crippen molar-refractivity contribution < 1.29 is 34.1 Å². The fourth-order valence-electron chi connectivity index (χ4n) is 5.64. The number of anilines is 1. The Morgan fingerprint density at radius 2 is 1.80 bits per heavy atom. The van der Waals surface area contributed by atoms with Gasteiger partial charge in [0.05, 0.1) is 26.5 Å². The predicted octanol–water partition coefficient (Wildman–Crippen LogP) is 3.33. The van der Waals surface area contributed by atoms with Gasteiger partial charge in [-0.05, 0) is 48.7 Å². The van der Waals surface area contributed by atoms with Gasteiger partial charge in [-0.3, -0.25) is 23.7 Å². The van der Waals surface area contributed by atoms with Crippen LogP contribution in [0.25, 0.3) is 5.69 Å². The SMILES string of the molecule is COC(=O)CCCCN1C(=O)[C@](O)([C@H](C)/C=C/CC(=O)N(CCO)Cc2ccccc2)c2cc(-n3cccc(OC)c3=O)ccc21. The lowest BCUT2D eigenvalue weighted by Crippen LogP contribution is -2.44. The van der Waals surface area contributed by atoms with Crippen molar-refractivity contribution in [2.75, 3.05) is 38.8 Å². The number of nitrogens with zero attached hydrogens (tertiary/aromatic N) is 3. The number of rotatable bonds is 15. The molecule has 1 aliphatic heterocycles. The molecule has 2 atom stereocenters. The molecule has 2 amide bonds. The highest BCUT2D eigenvalue weighted by molar-refractivity contribution is 6.07. The lowest BCUT2D eigenvalue weighted by Gasteiger charge is -2.28. The fourth-order valence-corrected chi connectivity index (χ4v) is 5.64. The van der Waals surface area contributed by atoms with Gasteiger partial charge in [-0.25, -0.2) is 0 Å². The van der Waals surface area contributed by atoms with Gasteiger partial charge in [0, 0.05) is 55.8 Å². The highest BCUT2D eigenvalue weighted by Crippen LogP contribution is 2.46. The van der Waals surface area contributed by atoms with E-state index in [-0.39, 0.29) is 50.2 Å². The number of hydrogen-bond acceptors (Lipinski definition) is 8. The summed E-state index contributed by atoms with van der Waals surface area (Å²) in [6, 6.07) is 17.7. The van der Waals surface area contributed by atoms with Crippen molar-refractivity contribution in [1.82, 2.24) is 9.47 Å². The van der Waals surface area contributed by atoms with Crippen LogP contribution >= 0.6 is 0 Å². The van der Waals surface area contributed by atoms with Gasteiger partial charge in [0.15, 0.2) is 11.4 Å². The zero-order valence-electron chi connectivity index (χ0n) is 26.4. The molecule has 0 unspecified atom stereocenters. The first-order chi connectivity index (χ1) is 22.1. The molecule has 0 aliphatic carbocycles. The molecular weight excluding hydrogens is 590 g/mol. The van der Waals surface area contributed by atoms with Crippen LogP contribution < -0.4 is 15.2 Å². The average Bonchev–Trinajstić information content (AvgIpc) is 3.28. The molecule has 244 valence electrons. The van der Waals surface area contributed by atoms with E-state index in [2.05, 4.69) is 0 Å². The second kappa shape index (κ2) is 15.5. The summed E-state index contributed by atoms with van der Waals surface area (Å²) in [5.74, 6) is -1.70. The summed E-state index contributed by atoms with van der Waals surface area (Å²) in [6.45, 7) is 2.29. The summed E-state index contributed by atoms with van der Waals surface area (Å²) in [5, 5.41) is 21.7. The number of pyridine rings is 1. The summed E-state index contributed by atoms with van der Waals surface area (Å²) in [5.41, 5.74) is -0.197. The fraction of sp³-hybridized carbons (Fsp3) is 0.371. The molecule has 11 heteroatoms. The molecule has 2 heterocycles. The Bertz CT molecular complexity index is 1620. The van der Waals surface area contributed by atoms with Crippen molar-refractivity contribution in [2.24, 2.45) is 5.92 Å². The van der Waals surface area contributed by atoms with Gasteiger partial charge in [0.1, 0.15) is 0 Å². The van der Waals surface area contributed by atoms with Crippen LogP contribution in [0.5, 0.6) is 5.75 Å². The molecule has 3 aromatic rings. The van der Waals surface area contributed by atoms with Gasteiger partial charge < -0.3 is 29.5 Å². The molecule has 4 rings (SSSR count). The van der Waals surface area contributed by atoms with Crippen LogP contribution in [0.4, 0.5) is 5.69 Å². The molecular formula is C35H41N3O8. The van der Waals surface area contributed by atoms with Gasteiger partial charge in [0.2, 0.25) is 5.91 Å². The second-order valence-electron chi connectivity index (χ2n) is 11.2. The molecule has 46 heavy (non-hydrogen) atoms. The predicted molar refractivity (Wildman–Crippen MR) is 173 cm³/mol. The third-order valence-corrected chi connectivity index (χ3v) is 8.22. The number of aliphatic hydroxyl groups is 2. The number of hydrogen-bond donors (Lipinski definition) is 2. The van der Waals surface area contributed by atoms with Crippen LogP contribution in [0.15, 0.2) is 83.8 Å². The number of benzene rings is 2. The Labute approximate surface area is 268 Å². The Morgan fingerprint density at radius 1 is 1.04 bits per heavy atom. The van der Waals surface area contributed by atoms with Crippen molar-refractivity contribution >= 4 is 23.5 Å². The molecule has 1 aromatic heterocycles. The van der Waals surface area contributed by atoms with Gasteiger partial charge in [-0.15, -0.1) is 0 Å². The molecule has 0 saturated heterocycles. The second-order valence-corrected chi connectivity index (χ2v) is 11.2. The van der Waals surface area contributed by atoms with Gasteiger partial charge in [-0.2, -0.15) is 0 Å². The molecule has 0 saturated carbocycles. The Hall–Kier alpha value is -4.74.